The van der Waals surface area contributed by atoms with Crippen LogP contribution in [0.15, 0.2) is 30.3 Å². The SMILES string of the molecule is CC#CCCNC(=O)Nc1cccc(/C=C/C(=O)O)c1. The molecule has 5 nitrogen and oxygen atoms in total. The molecule has 0 bridgehead atoms. The number of carboxylic acids is 1. The number of hydrogen-bond acceptors (Lipinski definition) is 2. The Labute approximate surface area is 117 Å². The van der Waals surface area contributed by atoms with E-state index in [4.69, 9.17) is 5.11 Å². The molecule has 3 N–H and O–H groups in total. The van der Waals surface area contributed by atoms with Gasteiger partial charge in [-0.1, -0.05) is 12.1 Å². The van der Waals surface area contributed by atoms with Crippen LogP contribution in [0.5, 0.6) is 0 Å². The summed E-state index contributed by atoms with van der Waals surface area (Å²) in [5.74, 6) is 4.58. The van der Waals surface area contributed by atoms with E-state index in [9.17, 15) is 9.59 Å². The summed E-state index contributed by atoms with van der Waals surface area (Å²) in [6.07, 6.45) is 3.11. The lowest BCUT2D eigenvalue weighted by Gasteiger charge is -2.06. The van der Waals surface area contributed by atoms with Gasteiger partial charge in [0, 0.05) is 24.7 Å². The molecule has 0 aromatic heterocycles. The Morgan fingerprint density at radius 3 is 2.90 bits per heavy atom. The van der Waals surface area contributed by atoms with Crippen LogP contribution in [0.25, 0.3) is 6.08 Å². The molecule has 0 spiro atoms. The molecule has 20 heavy (non-hydrogen) atoms. The van der Waals surface area contributed by atoms with Crippen LogP contribution in [-0.4, -0.2) is 23.7 Å². The van der Waals surface area contributed by atoms with Gasteiger partial charge in [0.05, 0.1) is 0 Å². The number of urea groups is 1. The summed E-state index contributed by atoms with van der Waals surface area (Å²) in [6, 6.07) is 6.58. The second-order valence-electron chi connectivity index (χ2n) is 3.85. The summed E-state index contributed by atoms with van der Waals surface area (Å²) in [7, 11) is 0. The summed E-state index contributed by atoms with van der Waals surface area (Å²) in [5.41, 5.74) is 1.29. The van der Waals surface area contributed by atoms with Crippen molar-refractivity contribution in [1.29, 1.82) is 0 Å². The summed E-state index contributed by atoms with van der Waals surface area (Å²) in [6.45, 7) is 2.22. The Balaban J connectivity index is 2.54. The van der Waals surface area contributed by atoms with Crippen molar-refractivity contribution in [2.24, 2.45) is 0 Å². The van der Waals surface area contributed by atoms with E-state index in [-0.39, 0.29) is 6.03 Å². The van der Waals surface area contributed by atoms with E-state index < -0.39 is 5.97 Å². The fourth-order valence-corrected chi connectivity index (χ4v) is 1.43. The summed E-state index contributed by atoms with van der Waals surface area (Å²) in [4.78, 5) is 22.0. The van der Waals surface area contributed by atoms with E-state index in [2.05, 4.69) is 22.5 Å². The molecular formula is C15H16N2O3. The number of benzene rings is 1. The Morgan fingerprint density at radius 1 is 1.40 bits per heavy atom. The maximum atomic E-state index is 11.6. The first kappa shape index (κ1) is 15.3. The molecule has 5 heteroatoms. The minimum atomic E-state index is -1.02. The van der Waals surface area contributed by atoms with Crippen molar-refractivity contribution in [3.8, 4) is 11.8 Å². The lowest BCUT2D eigenvalue weighted by atomic mass is 10.2. The first-order chi connectivity index (χ1) is 9.61. The number of amides is 2. The van der Waals surface area contributed by atoms with Crippen molar-refractivity contribution in [2.45, 2.75) is 13.3 Å². The maximum absolute atomic E-state index is 11.6. The topological polar surface area (TPSA) is 78.4 Å². The first-order valence-electron chi connectivity index (χ1n) is 6.07. The van der Waals surface area contributed by atoms with Crippen LogP contribution >= 0.6 is 0 Å². The summed E-state index contributed by atoms with van der Waals surface area (Å²) < 4.78 is 0. The quantitative estimate of drug-likeness (QED) is 0.437. The predicted octanol–water partition coefficient (Wildman–Crippen LogP) is 2.32. The largest absolute Gasteiger partial charge is 0.478 e. The first-order valence-corrected chi connectivity index (χ1v) is 6.07. The predicted molar refractivity (Wildman–Crippen MR) is 78.2 cm³/mol. The van der Waals surface area contributed by atoms with Crippen molar-refractivity contribution in [3.05, 3.63) is 35.9 Å². The van der Waals surface area contributed by atoms with Crippen molar-refractivity contribution in [2.75, 3.05) is 11.9 Å². The van der Waals surface area contributed by atoms with E-state index in [1.54, 1.807) is 31.2 Å². The van der Waals surface area contributed by atoms with Crippen molar-refractivity contribution in [1.82, 2.24) is 5.32 Å². The molecule has 0 saturated heterocycles. The van der Waals surface area contributed by atoms with Crippen LogP contribution in [0.4, 0.5) is 10.5 Å². The van der Waals surface area contributed by atoms with Gasteiger partial charge in [0.1, 0.15) is 0 Å². The zero-order valence-corrected chi connectivity index (χ0v) is 11.1. The molecule has 104 valence electrons. The Hall–Kier alpha value is -2.74. The third-order valence-corrected chi connectivity index (χ3v) is 2.28. The fourth-order valence-electron chi connectivity index (χ4n) is 1.43. The number of nitrogens with one attached hydrogen (secondary N) is 2. The number of carboxylic acid groups (broad SMARTS) is 1. The molecule has 0 fully saturated rings. The summed E-state index contributed by atoms with van der Waals surface area (Å²) >= 11 is 0. The smallest absolute Gasteiger partial charge is 0.328 e. The average molecular weight is 272 g/mol. The number of carbonyl (C=O) groups is 2. The zero-order chi connectivity index (χ0) is 14.8. The van der Waals surface area contributed by atoms with Crippen LogP contribution in [0.1, 0.15) is 18.9 Å². The second kappa shape index (κ2) is 8.38. The third kappa shape index (κ3) is 6.26. The molecule has 0 atom stereocenters. The Morgan fingerprint density at radius 2 is 2.20 bits per heavy atom. The van der Waals surface area contributed by atoms with Crippen molar-refractivity contribution < 1.29 is 14.7 Å². The number of anilines is 1. The Bertz CT molecular complexity index is 568. The van der Waals surface area contributed by atoms with Gasteiger partial charge < -0.3 is 15.7 Å². The lowest BCUT2D eigenvalue weighted by Crippen LogP contribution is -2.29. The van der Waals surface area contributed by atoms with E-state index in [1.165, 1.54) is 6.08 Å². The van der Waals surface area contributed by atoms with Gasteiger partial charge in [-0.3, -0.25) is 0 Å². The molecule has 0 heterocycles. The van der Waals surface area contributed by atoms with Crippen molar-refractivity contribution in [3.63, 3.8) is 0 Å². The van der Waals surface area contributed by atoms with Gasteiger partial charge in [0.2, 0.25) is 0 Å². The van der Waals surface area contributed by atoms with Crippen LogP contribution in [-0.2, 0) is 4.79 Å². The lowest BCUT2D eigenvalue weighted by molar-refractivity contribution is -0.131. The number of rotatable bonds is 5. The summed E-state index contributed by atoms with van der Waals surface area (Å²) in [5, 5.41) is 13.9. The Kier molecular flexibility index (Phi) is 6.42. The zero-order valence-electron chi connectivity index (χ0n) is 11.1. The van der Waals surface area contributed by atoms with Crippen LogP contribution < -0.4 is 10.6 Å². The maximum Gasteiger partial charge on any atom is 0.328 e. The molecule has 0 radical (unpaired) electrons. The number of hydrogen-bond donors (Lipinski definition) is 3. The van der Waals surface area contributed by atoms with Gasteiger partial charge in [-0.15, -0.1) is 11.8 Å². The van der Waals surface area contributed by atoms with E-state index in [0.29, 0.717) is 24.2 Å². The second-order valence-corrected chi connectivity index (χ2v) is 3.85. The van der Waals surface area contributed by atoms with Gasteiger partial charge in [0.15, 0.2) is 0 Å². The highest BCUT2D eigenvalue weighted by Gasteiger charge is 2.00. The normalized spacial score (nSPS) is 9.65. The molecule has 2 amide bonds. The molecule has 0 saturated carbocycles. The number of aliphatic carboxylic acids is 1. The van der Waals surface area contributed by atoms with Crippen LogP contribution in [0, 0.1) is 11.8 Å². The number of carbonyl (C=O) groups excluding carboxylic acids is 1. The van der Waals surface area contributed by atoms with E-state index in [0.717, 1.165) is 6.08 Å². The van der Waals surface area contributed by atoms with Crippen LogP contribution in [0.2, 0.25) is 0 Å². The third-order valence-electron chi connectivity index (χ3n) is 2.28. The monoisotopic (exact) mass is 272 g/mol. The standard InChI is InChI=1S/C15H16N2O3/c1-2-3-4-10-16-15(20)17-13-7-5-6-12(11-13)8-9-14(18)19/h5-9,11H,4,10H2,1H3,(H,18,19)(H2,16,17,20)/b9-8+. The van der Waals surface area contributed by atoms with E-state index in [1.807, 2.05) is 0 Å². The van der Waals surface area contributed by atoms with Crippen molar-refractivity contribution >= 4 is 23.8 Å². The van der Waals surface area contributed by atoms with E-state index >= 15 is 0 Å². The molecule has 0 aliphatic heterocycles. The van der Waals surface area contributed by atoms with Gasteiger partial charge in [-0.2, -0.15) is 0 Å². The molecule has 0 aliphatic rings. The minimum Gasteiger partial charge on any atom is -0.478 e. The minimum absolute atomic E-state index is 0.317. The highest BCUT2D eigenvalue weighted by molar-refractivity contribution is 5.90. The van der Waals surface area contributed by atoms with Gasteiger partial charge >= 0.3 is 12.0 Å². The molecular weight excluding hydrogens is 256 g/mol. The van der Waals surface area contributed by atoms with Gasteiger partial charge in [-0.25, -0.2) is 9.59 Å². The highest BCUT2D eigenvalue weighted by atomic mass is 16.4. The molecule has 1 rings (SSSR count). The highest BCUT2D eigenvalue weighted by Crippen LogP contribution is 2.11. The van der Waals surface area contributed by atoms with Gasteiger partial charge in [0.25, 0.3) is 0 Å². The molecule has 1 aromatic carbocycles. The fraction of sp³-hybridized carbons (Fsp3) is 0.200. The van der Waals surface area contributed by atoms with Gasteiger partial charge in [-0.05, 0) is 30.7 Å². The molecule has 0 unspecified atom stereocenters. The van der Waals surface area contributed by atoms with Crippen LogP contribution in [0.3, 0.4) is 0 Å². The molecule has 1 aromatic rings. The molecule has 0 aliphatic carbocycles. The average Bonchev–Trinajstić information content (AvgIpc) is 2.42.